The molecule has 0 saturated heterocycles. The lowest BCUT2D eigenvalue weighted by Gasteiger charge is -2.06. The minimum atomic E-state index is -1.54. The number of rotatable bonds is 4. The average molecular weight is 233 g/mol. The SMILES string of the molecule is CCOC(=O)CNc1cc(F)c(F)c(F)c1. The summed E-state index contributed by atoms with van der Waals surface area (Å²) in [5, 5.41) is 2.42. The van der Waals surface area contributed by atoms with Crippen molar-refractivity contribution in [1.82, 2.24) is 0 Å². The second-order valence-electron chi connectivity index (χ2n) is 2.91. The van der Waals surface area contributed by atoms with Gasteiger partial charge in [-0.3, -0.25) is 4.79 Å². The van der Waals surface area contributed by atoms with Crippen molar-refractivity contribution in [2.75, 3.05) is 18.5 Å². The number of ether oxygens (including phenoxy) is 1. The molecule has 1 N–H and O–H groups in total. The molecule has 6 heteroatoms. The summed E-state index contributed by atoms with van der Waals surface area (Å²) in [5.74, 6) is -4.73. The number of halogens is 3. The van der Waals surface area contributed by atoms with Gasteiger partial charge in [-0.1, -0.05) is 0 Å². The van der Waals surface area contributed by atoms with E-state index in [4.69, 9.17) is 0 Å². The van der Waals surface area contributed by atoms with E-state index in [1.807, 2.05) is 0 Å². The average Bonchev–Trinajstić information content (AvgIpc) is 2.23. The summed E-state index contributed by atoms with van der Waals surface area (Å²) in [7, 11) is 0. The van der Waals surface area contributed by atoms with Gasteiger partial charge in [0.15, 0.2) is 17.5 Å². The molecule has 16 heavy (non-hydrogen) atoms. The maximum Gasteiger partial charge on any atom is 0.325 e. The van der Waals surface area contributed by atoms with Crippen LogP contribution in [0.25, 0.3) is 0 Å². The van der Waals surface area contributed by atoms with E-state index < -0.39 is 23.4 Å². The minimum absolute atomic E-state index is 0.0237. The Morgan fingerprint density at radius 1 is 1.31 bits per heavy atom. The summed E-state index contributed by atoms with van der Waals surface area (Å²) in [6.45, 7) is 1.61. The molecule has 0 aliphatic carbocycles. The van der Waals surface area contributed by atoms with Crippen molar-refractivity contribution in [3.05, 3.63) is 29.6 Å². The van der Waals surface area contributed by atoms with E-state index in [1.165, 1.54) is 0 Å². The monoisotopic (exact) mass is 233 g/mol. The van der Waals surface area contributed by atoms with Crippen molar-refractivity contribution in [1.29, 1.82) is 0 Å². The molecule has 1 rings (SSSR count). The third kappa shape index (κ3) is 3.15. The van der Waals surface area contributed by atoms with Crippen molar-refractivity contribution in [3.8, 4) is 0 Å². The molecule has 0 fully saturated rings. The van der Waals surface area contributed by atoms with Crippen LogP contribution in [0.4, 0.5) is 18.9 Å². The first-order valence-corrected chi connectivity index (χ1v) is 4.58. The molecule has 3 nitrogen and oxygen atoms in total. The number of hydrogen-bond acceptors (Lipinski definition) is 3. The highest BCUT2D eigenvalue weighted by Gasteiger charge is 2.11. The Morgan fingerprint density at radius 2 is 1.88 bits per heavy atom. The zero-order valence-electron chi connectivity index (χ0n) is 8.52. The fourth-order valence-corrected chi connectivity index (χ4v) is 1.04. The van der Waals surface area contributed by atoms with E-state index in [9.17, 15) is 18.0 Å². The fourth-order valence-electron chi connectivity index (χ4n) is 1.04. The summed E-state index contributed by atoms with van der Waals surface area (Å²) in [6, 6.07) is 1.52. The quantitative estimate of drug-likeness (QED) is 0.639. The Kier molecular flexibility index (Phi) is 4.16. The lowest BCUT2D eigenvalue weighted by Crippen LogP contribution is -2.17. The second kappa shape index (κ2) is 5.39. The molecular weight excluding hydrogens is 223 g/mol. The molecule has 0 bridgehead atoms. The number of hydrogen-bond donors (Lipinski definition) is 1. The zero-order chi connectivity index (χ0) is 12.1. The number of carbonyl (C=O) groups is 1. The van der Waals surface area contributed by atoms with Crippen LogP contribution in [0.5, 0.6) is 0 Å². The Morgan fingerprint density at radius 3 is 2.38 bits per heavy atom. The molecule has 0 aliphatic heterocycles. The Labute approximate surface area is 90.2 Å². The van der Waals surface area contributed by atoms with Crippen molar-refractivity contribution in [3.63, 3.8) is 0 Å². The lowest BCUT2D eigenvalue weighted by molar-refractivity contribution is -0.140. The molecule has 0 aromatic heterocycles. The van der Waals surface area contributed by atoms with Crippen LogP contribution in [0.2, 0.25) is 0 Å². The maximum absolute atomic E-state index is 12.7. The molecule has 0 radical (unpaired) electrons. The first kappa shape index (κ1) is 12.4. The van der Waals surface area contributed by atoms with E-state index in [1.54, 1.807) is 6.92 Å². The topological polar surface area (TPSA) is 38.3 Å². The molecule has 0 heterocycles. The summed E-state index contributed by atoms with van der Waals surface area (Å²) in [5.41, 5.74) is -0.0237. The van der Waals surface area contributed by atoms with E-state index >= 15 is 0 Å². The third-order valence-electron chi connectivity index (χ3n) is 1.73. The highest BCUT2D eigenvalue weighted by atomic mass is 19.2. The first-order valence-electron chi connectivity index (χ1n) is 4.58. The number of anilines is 1. The van der Waals surface area contributed by atoms with Crippen LogP contribution in [0.1, 0.15) is 6.92 Å². The van der Waals surface area contributed by atoms with Gasteiger partial charge in [0.2, 0.25) is 0 Å². The molecular formula is C10H10F3NO2. The molecule has 0 aliphatic rings. The van der Waals surface area contributed by atoms with E-state index in [0.29, 0.717) is 0 Å². The van der Waals surface area contributed by atoms with Crippen LogP contribution >= 0.6 is 0 Å². The summed E-state index contributed by atoms with van der Waals surface area (Å²) >= 11 is 0. The largest absolute Gasteiger partial charge is 0.465 e. The van der Waals surface area contributed by atoms with Gasteiger partial charge in [-0.05, 0) is 6.92 Å². The molecule has 88 valence electrons. The van der Waals surface area contributed by atoms with Gasteiger partial charge in [0.25, 0.3) is 0 Å². The first-order chi connectivity index (χ1) is 7.54. The van der Waals surface area contributed by atoms with Crippen LogP contribution < -0.4 is 5.32 Å². The highest BCUT2D eigenvalue weighted by Crippen LogP contribution is 2.16. The fraction of sp³-hybridized carbons (Fsp3) is 0.300. The zero-order valence-corrected chi connectivity index (χ0v) is 8.52. The van der Waals surface area contributed by atoms with Crippen LogP contribution in [0.15, 0.2) is 12.1 Å². The van der Waals surface area contributed by atoms with Gasteiger partial charge in [-0.15, -0.1) is 0 Å². The highest BCUT2D eigenvalue weighted by molar-refractivity contribution is 5.74. The van der Waals surface area contributed by atoms with Gasteiger partial charge in [0.05, 0.1) is 6.61 Å². The summed E-state index contributed by atoms with van der Waals surface area (Å²) in [4.78, 5) is 10.9. The van der Waals surface area contributed by atoms with Gasteiger partial charge >= 0.3 is 5.97 Å². The van der Waals surface area contributed by atoms with Crippen molar-refractivity contribution >= 4 is 11.7 Å². The van der Waals surface area contributed by atoms with Crippen molar-refractivity contribution in [2.24, 2.45) is 0 Å². The van der Waals surface area contributed by atoms with Crippen molar-refractivity contribution in [2.45, 2.75) is 6.92 Å². The maximum atomic E-state index is 12.7. The Bertz CT molecular complexity index is 373. The molecule has 0 amide bonds. The van der Waals surface area contributed by atoms with Crippen molar-refractivity contribution < 1.29 is 22.7 Å². The smallest absolute Gasteiger partial charge is 0.325 e. The molecule has 0 atom stereocenters. The molecule has 1 aromatic rings. The summed E-state index contributed by atoms with van der Waals surface area (Å²) < 4.78 is 42.6. The van der Waals surface area contributed by atoms with E-state index in [0.717, 1.165) is 12.1 Å². The predicted octanol–water partition coefficient (Wildman–Crippen LogP) is 2.08. The van der Waals surface area contributed by atoms with Gasteiger partial charge in [-0.25, -0.2) is 13.2 Å². The van der Waals surface area contributed by atoms with E-state index in [2.05, 4.69) is 10.1 Å². The number of benzene rings is 1. The normalized spacial score (nSPS) is 10.0. The van der Waals surface area contributed by atoms with Crippen LogP contribution in [-0.4, -0.2) is 19.1 Å². The number of nitrogens with one attached hydrogen (secondary N) is 1. The lowest BCUT2D eigenvalue weighted by atomic mass is 10.3. The van der Waals surface area contributed by atoms with Gasteiger partial charge in [-0.2, -0.15) is 0 Å². The molecule has 0 unspecified atom stereocenters. The van der Waals surface area contributed by atoms with Gasteiger partial charge < -0.3 is 10.1 Å². The molecule has 0 saturated carbocycles. The van der Waals surface area contributed by atoms with Gasteiger partial charge in [0, 0.05) is 17.8 Å². The number of carbonyl (C=O) groups excluding carboxylic acids is 1. The van der Waals surface area contributed by atoms with Crippen LogP contribution in [0.3, 0.4) is 0 Å². The predicted molar refractivity (Wildman–Crippen MR) is 51.4 cm³/mol. The van der Waals surface area contributed by atoms with Crippen LogP contribution in [0, 0.1) is 17.5 Å². The third-order valence-corrected chi connectivity index (χ3v) is 1.73. The van der Waals surface area contributed by atoms with Crippen LogP contribution in [-0.2, 0) is 9.53 Å². The second-order valence-corrected chi connectivity index (χ2v) is 2.91. The van der Waals surface area contributed by atoms with Gasteiger partial charge in [0.1, 0.15) is 6.54 Å². The minimum Gasteiger partial charge on any atom is -0.465 e. The Hall–Kier alpha value is -1.72. The standard InChI is InChI=1S/C10H10F3NO2/c1-2-16-9(15)5-14-6-3-7(11)10(13)8(12)4-6/h3-4,14H,2,5H2,1H3. The molecule has 1 aromatic carbocycles. The molecule has 0 spiro atoms. The Balaban J connectivity index is 2.65. The summed E-state index contributed by atoms with van der Waals surface area (Å²) in [6.07, 6.45) is 0. The van der Waals surface area contributed by atoms with E-state index in [-0.39, 0.29) is 18.8 Å². The number of esters is 1.